The highest BCUT2D eigenvalue weighted by atomic mass is 16.5. The maximum Gasteiger partial charge on any atom is 0.251 e. The Labute approximate surface area is 124 Å². The predicted molar refractivity (Wildman–Crippen MR) is 80.5 cm³/mol. The topological polar surface area (TPSA) is 54.7 Å². The average Bonchev–Trinajstić information content (AvgIpc) is 3.01. The van der Waals surface area contributed by atoms with Crippen LogP contribution in [0.1, 0.15) is 22.2 Å². The molecule has 0 fully saturated rings. The zero-order valence-electron chi connectivity index (χ0n) is 12.5. The molecule has 2 rings (SSSR count). The van der Waals surface area contributed by atoms with Crippen LogP contribution in [0.5, 0.6) is 5.75 Å². The molecule has 0 saturated heterocycles. The van der Waals surface area contributed by atoms with Crippen LogP contribution in [0, 0.1) is 0 Å². The Morgan fingerprint density at radius 1 is 1.33 bits per heavy atom. The molecular weight excluding hydrogens is 268 g/mol. The van der Waals surface area contributed by atoms with Crippen LogP contribution in [0.4, 0.5) is 0 Å². The van der Waals surface area contributed by atoms with Gasteiger partial charge in [-0.25, -0.2) is 0 Å². The largest absolute Gasteiger partial charge is 0.497 e. The minimum absolute atomic E-state index is 0.00504. The van der Waals surface area contributed by atoms with Gasteiger partial charge in [-0.2, -0.15) is 0 Å². The first kappa shape index (κ1) is 15.1. The van der Waals surface area contributed by atoms with E-state index in [0.29, 0.717) is 17.9 Å². The molecule has 2 aromatic rings. The number of hydrogen-bond acceptors (Lipinski definition) is 4. The summed E-state index contributed by atoms with van der Waals surface area (Å²) in [7, 11) is 5.48. The Balaban J connectivity index is 2.02. The van der Waals surface area contributed by atoms with E-state index in [1.165, 1.54) is 0 Å². The Morgan fingerprint density at radius 3 is 2.76 bits per heavy atom. The summed E-state index contributed by atoms with van der Waals surface area (Å²) in [6.07, 6.45) is 1.63. The second-order valence-electron chi connectivity index (χ2n) is 4.94. The van der Waals surface area contributed by atoms with Crippen molar-refractivity contribution in [3.8, 4) is 5.75 Å². The number of furan rings is 1. The van der Waals surface area contributed by atoms with Crippen LogP contribution in [0.3, 0.4) is 0 Å². The van der Waals surface area contributed by atoms with Crippen LogP contribution < -0.4 is 10.1 Å². The number of benzene rings is 1. The molecule has 1 aromatic carbocycles. The van der Waals surface area contributed by atoms with Crippen LogP contribution in [-0.2, 0) is 0 Å². The molecule has 0 spiro atoms. The molecule has 0 bridgehead atoms. The van der Waals surface area contributed by atoms with Crippen molar-refractivity contribution in [3.63, 3.8) is 0 Å². The van der Waals surface area contributed by atoms with Crippen LogP contribution in [0.2, 0.25) is 0 Å². The molecule has 1 N–H and O–H groups in total. The van der Waals surface area contributed by atoms with Gasteiger partial charge >= 0.3 is 0 Å². The van der Waals surface area contributed by atoms with Gasteiger partial charge in [0.15, 0.2) is 0 Å². The van der Waals surface area contributed by atoms with Crippen LogP contribution in [0.15, 0.2) is 47.1 Å². The van der Waals surface area contributed by atoms with E-state index in [4.69, 9.17) is 9.15 Å². The molecule has 0 aliphatic carbocycles. The highest BCUT2D eigenvalue weighted by Gasteiger charge is 2.18. The Morgan fingerprint density at radius 2 is 2.14 bits per heavy atom. The standard InChI is InChI=1S/C16H20N2O3/c1-18(2)14(15-8-5-9-21-15)11-17-16(19)12-6-4-7-13(10-12)20-3/h4-10,14H,11H2,1-3H3,(H,17,19). The summed E-state index contributed by atoms with van der Waals surface area (Å²) < 4.78 is 10.5. The number of nitrogens with one attached hydrogen (secondary N) is 1. The maximum atomic E-state index is 12.2. The summed E-state index contributed by atoms with van der Waals surface area (Å²) in [5, 5.41) is 2.92. The molecule has 1 aromatic heterocycles. The summed E-state index contributed by atoms with van der Waals surface area (Å²) in [5.41, 5.74) is 0.575. The van der Waals surface area contributed by atoms with Gasteiger partial charge in [0, 0.05) is 12.1 Å². The molecule has 1 atom stereocenters. The van der Waals surface area contributed by atoms with E-state index in [-0.39, 0.29) is 11.9 Å². The summed E-state index contributed by atoms with van der Waals surface area (Å²) in [6, 6.07) is 10.8. The minimum atomic E-state index is -0.132. The van der Waals surface area contributed by atoms with Gasteiger partial charge in [0.2, 0.25) is 0 Å². The number of carbonyl (C=O) groups excluding carboxylic acids is 1. The Bertz CT molecular complexity index is 579. The second-order valence-corrected chi connectivity index (χ2v) is 4.94. The van der Waals surface area contributed by atoms with Crippen molar-refractivity contribution in [2.45, 2.75) is 6.04 Å². The lowest BCUT2D eigenvalue weighted by Gasteiger charge is -2.22. The molecule has 1 unspecified atom stereocenters. The van der Waals surface area contributed by atoms with Crippen molar-refractivity contribution in [2.24, 2.45) is 0 Å². The minimum Gasteiger partial charge on any atom is -0.497 e. The van der Waals surface area contributed by atoms with Gasteiger partial charge in [0.05, 0.1) is 19.4 Å². The first-order chi connectivity index (χ1) is 10.1. The molecule has 21 heavy (non-hydrogen) atoms. The molecular formula is C16H20N2O3. The van der Waals surface area contributed by atoms with Gasteiger partial charge < -0.3 is 14.5 Å². The Kier molecular flexibility index (Phi) is 5.00. The van der Waals surface area contributed by atoms with Crippen molar-refractivity contribution in [1.82, 2.24) is 10.2 Å². The lowest BCUT2D eigenvalue weighted by Crippen LogP contribution is -2.34. The number of rotatable bonds is 6. The lowest BCUT2D eigenvalue weighted by atomic mass is 10.1. The molecule has 0 saturated carbocycles. The van der Waals surface area contributed by atoms with Gasteiger partial charge in [-0.15, -0.1) is 0 Å². The van der Waals surface area contributed by atoms with Crippen molar-refractivity contribution >= 4 is 5.91 Å². The van der Waals surface area contributed by atoms with Crippen molar-refractivity contribution in [3.05, 3.63) is 54.0 Å². The number of carbonyl (C=O) groups is 1. The number of amides is 1. The molecule has 1 heterocycles. The fourth-order valence-corrected chi connectivity index (χ4v) is 2.07. The summed E-state index contributed by atoms with van der Waals surface area (Å²) in [4.78, 5) is 14.2. The number of likely N-dealkylation sites (N-methyl/N-ethyl adjacent to an activating group) is 1. The third kappa shape index (κ3) is 3.86. The molecule has 0 aliphatic heterocycles. The fourth-order valence-electron chi connectivity index (χ4n) is 2.07. The first-order valence-corrected chi connectivity index (χ1v) is 6.74. The molecule has 5 nitrogen and oxygen atoms in total. The summed E-state index contributed by atoms with van der Waals surface area (Å²) >= 11 is 0. The zero-order chi connectivity index (χ0) is 15.2. The quantitative estimate of drug-likeness (QED) is 0.886. The van der Waals surface area contributed by atoms with E-state index < -0.39 is 0 Å². The average molecular weight is 288 g/mol. The monoisotopic (exact) mass is 288 g/mol. The third-order valence-electron chi connectivity index (χ3n) is 3.28. The van der Waals surface area contributed by atoms with Crippen molar-refractivity contribution < 1.29 is 13.9 Å². The van der Waals surface area contributed by atoms with E-state index in [9.17, 15) is 4.79 Å². The predicted octanol–water partition coefficient (Wildman–Crippen LogP) is 2.32. The molecule has 112 valence electrons. The van der Waals surface area contributed by atoms with E-state index >= 15 is 0 Å². The molecule has 0 radical (unpaired) electrons. The second kappa shape index (κ2) is 6.95. The van der Waals surface area contributed by atoms with E-state index in [1.807, 2.05) is 37.2 Å². The SMILES string of the molecule is COc1cccc(C(=O)NCC(c2ccco2)N(C)C)c1. The first-order valence-electron chi connectivity index (χ1n) is 6.74. The number of hydrogen-bond donors (Lipinski definition) is 1. The number of nitrogens with zero attached hydrogens (tertiary/aromatic N) is 1. The maximum absolute atomic E-state index is 12.2. The molecule has 5 heteroatoms. The van der Waals surface area contributed by atoms with E-state index in [1.54, 1.807) is 31.6 Å². The van der Waals surface area contributed by atoms with Gasteiger partial charge in [-0.3, -0.25) is 9.69 Å². The van der Waals surface area contributed by atoms with Gasteiger partial charge in [-0.1, -0.05) is 6.07 Å². The zero-order valence-corrected chi connectivity index (χ0v) is 12.5. The molecule has 0 aliphatic rings. The highest BCUT2D eigenvalue weighted by Crippen LogP contribution is 2.18. The van der Waals surface area contributed by atoms with Gasteiger partial charge in [0.25, 0.3) is 5.91 Å². The van der Waals surface area contributed by atoms with Crippen molar-refractivity contribution in [2.75, 3.05) is 27.7 Å². The summed E-state index contributed by atoms with van der Waals surface area (Å²) in [5.74, 6) is 1.36. The number of methoxy groups -OCH3 is 1. The Hall–Kier alpha value is -2.27. The third-order valence-corrected chi connectivity index (χ3v) is 3.28. The summed E-state index contributed by atoms with van der Waals surface area (Å²) in [6.45, 7) is 0.469. The smallest absolute Gasteiger partial charge is 0.251 e. The van der Waals surface area contributed by atoms with Crippen molar-refractivity contribution in [1.29, 1.82) is 0 Å². The fraction of sp³-hybridized carbons (Fsp3) is 0.312. The van der Waals surface area contributed by atoms with Gasteiger partial charge in [-0.05, 0) is 44.4 Å². The molecule has 1 amide bonds. The highest BCUT2D eigenvalue weighted by molar-refractivity contribution is 5.94. The van der Waals surface area contributed by atoms with E-state index in [0.717, 1.165) is 5.76 Å². The van der Waals surface area contributed by atoms with Crippen LogP contribution >= 0.6 is 0 Å². The normalized spacial score (nSPS) is 12.2. The lowest BCUT2D eigenvalue weighted by molar-refractivity contribution is 0.0938. The van der Waals surface area contributed by atoms with Crippen LogP contribution in [0.25, 0.3) is 0 Å². The van der Waals surface area contributed by atoms with Crippen LogP contribution in [-0.4, -0.2) is 38.6 Å². The van der Waals surface area contributed by atoms with Gasteiger partial charge in [0.1, 0.15) is 11.5 Å². The number of ether oxygens (including phenoxy) is 1. The van der Waals surface area contributed by atoms with E-state index in [2.05, 4.69) is 5.32 Å².